The van der Waals surface area contributed by atoms with Gasteiger partial charge in [0.1, 0.15) is 0 Å². The summed E-state index contributed by atoms with van der Waals surface area (Å²) in [6.07, 6.45) is 2.62. The molecule has 0 spiro atoms. The molecule has 1 aliphatic heterocycles. The van der Waals surface area contributed by atoms with E-state index in [2.05, 4.69) is 0 Å². The molecule has 1 rings (SSSR count). The Bertz CT molecular complexity index is 515. The molecule has 9 nitrogen and oxygen atoms in total. The predicted molar refractivity (Wildman–Crippen MR) is 107 cm³/mol. The first-order chi connectivity index (χ1) is 13.4. The highest BCUT2D eigenvalue weighted by Crippen LogP contribution is 2.48. The van der Waals surface area contributed by atoms with Crippen molar-refractivity contribution in [2.75, 3.05) is 52.2 Å². The van der Waals surface area contributed by atoms with E-state index in [0.29, 0.717) is 58.8 Å². The van der Waals surface area contributed by atoms with Crippen molar-refractivity contribution >= 4 is 19.6 Å². The molecule has 1 aliphatic rings. The lowest BCUT2D eigenvalue weighted by Crippen LogP contribution is -2.54. The molecule has 1 atom stereocenters. The van der Waals surface area contributed by atoms with Crippen molar-refractivity contribution in [1.29, 1.82) is 0 Å². The molecular weight excluding hydrogens is 385 g/mol. The predicted octanol–water partition coefficient (Wildman–Crippen LogP) is 2.44. The van der Waals surface area contributed by atoms with Gasteiger partial charge in [-0.25, -0.2) is 4.79 Å². The minimum Gasteiger partial charge on any atom is -0.449 e. The molecule has 1 fully saturated rings. The molecule has 0 radical (unpaired) electrons. The number of hydrogen-bond acceptors (Lipinski definition) is 7. The van der Waals surface area contributed by atoms with Crippen molar-refractivity contribution < 1.29 is 27.9 Å². The summed E-state index contributed by atoms with van der Waals surface area (Å²) in [5, 5.41) is 0. The first kappa shape index (κ1) is 24.9. The van der Waals surface area contributed by atoms with Gasteiger partial charge >= 0.3 is 13.7 Å². The fraction of sp³-hybridized carbons (Fsp3) is 0.889. The van der Waals surface area contributed by atoms with Gasteiger partial charge in [0.15, 0.2) is 0 Å². The quantitative estimate of drug-likeness (QED) is 0.380. The van der Waals surface area contributed by atoms with Gasteiger partial charge in [-0.05, 0) is 33.1 Å². The Balaban J connectivity index is 2.36. The molecule has 1 unspecified atom stereocenters. The Morgan fingerprint density at radius 1 is 1.00 bits per heavy atom. The fourth-order valence-corrected chi connectivity index (χ4v) is 4.62. The van der Waals surface area contributed by atoms with Crippen molar-refractivity contribution in [1.82, 2.24) is 9.80 Å². The second kappa shape index (κ2) is 13.1. The maximum atomic E-state index is 12.5. The number of carbonyl (C=O) groups is 2. The number of nitrogens with two attached hydrogens (primary N) is 1. The minimum absolute atomic E-state index is 0.151. The lowest BCUT2D eigenvalue weighted by Gasteiger charge is -2.35. The number of ether oxygens (including phenoxy) is 1. The maximum absolute atomic E-state index is 12.5. The third kappa shape index (κ3) is 8.47. The number of rotatable bonds is 12. The summed E-state index contributed by atoms with van der Waals surface area (Å²) in [7, 11) is -3.11. The van der Waals surface area contributed by atoms with Gasteiger partial charge in [0.25, 0.3) is 0 Å². The molecule has 2 amide bonds. The van der Waals surface area contributed by atoms with Gasteiger partial charge in [-0.3, -0.25) is 9.36 Å². The SMILES string of the molecule is CCCCOC(=O)N1CCN(C(=O)C(N)CCCP(=O)(OCC)OCC)CC1. The molecule has 1 saturated heterocycles. The van der Waals surface area contributed by atoms with Crippen molar-refractivity contribution in [2.24, 2.45) is 5.73 Å². The summed E-state index contributed by atoms with van der Waals surface area (Å²) in [6.45, 7) is 8.36. The Morgan fingerprint density at radius 3 is 2.11 bits per heavy atom. The third-order valence-electron chi connectivity index (χ3n) is 4.49. The van der Waals surface area contributed by atoms with Crippen LogP contribution in [0.1, 0.15) is 46.5 Å². The molecule has 28 heavy (non-hydrogen) atoms. The van der Waals surface area contributed by atoms with Crippen LogP contribution in [-0.4, -0.2) is 80.0 Å². The van der Waals surface area contributed by atoms with E-state index in [1.54, 1.807) is 23.6 Å². The van der Waals surface area contributed by atoms with Crippen LogP contribution in [0.5, 0.6) is 0 Å². The monoisotopic (exact) mass is 421 g/mol. The normalized spacial score (nSPS) is 16.1. The van der Waals surface area contributed by atoms with Crippen LogP contribution in [0, 0.1) is 0 Å². The third-order valence-corrected chi connectivity index (χ3v) is 6.66. The summed E-state index contributed by atoms with van der Waals surface area (Å²) in [6, 6.07) is -0.667. The zero-order chi connectivity index (χ0) is 21.0. The number of amides is 2. The Morgan fingerprint density at radius 2 is 1.57 bits per heavy atom. The molecule has 0 saturated carbocycles. The van der Waals surface area contributed by atoms with E-state index in [9.17, 15) is 14.2 Å². The number of nitrogens with zero attached hydrogens (tertiary/aromatic N) is 2. The molecule has 2 N–H and O–H groups in total. The topological polar surface area (TPSA) is 111 Å². The van der Waals surface area contributed by atoms with Crippen molar-refractivity contribution in [3.8, 4) is 0 Å². The molecule has 0 aromatic carbocycles. The van der Waals surface area contributed by atoms with Crippen LogP contribution in [0.3, 0.4) is 0 Å². The van der Waals surface area contributed by atoms with Gasteiger partial charge < -0.3 is 29.3 Å². The smallest absolute Gasteiger partial charge is 0.409 e. The minimum atomic E-state index is -3.11. The average molecular weight is 421 g/mol. The highest BCUT2D eigenvalue weighted by Gasteiger charge is 2.29. The summed E-state index contributed by atoms with van der Waals surface area (Å²) >= 11 is 0. The van der Waals surface area contributed by atoms with Crippen LogP contribution in [0.25, 0.3) is 0 Å². The summed E-state index contributed by atoms with van der Waals surface area (Å²) < 4.78 is 28.1. The Hall–Kier alpha value is -1.15. The summed E-state index contributed by atoms with van der Waals surface area (Å²) in [4.78, 5) is 27.8. The van der Waals surface area contributed by atoms with Crippen molar-refractivity contribution in [3.05, 3.63) is 0 Å². The Kier molecular flexibility index (Phi) is 11.7. The lowest BCUT2D eigenvalue weighted by atomic mass is 10.1. The zero-order valence-electron chi connectivity index (χ0n) is 17.4. The number of unbranched alkanes of at least 4 members (excludes halogenated alkanes) is 1. The van der Waals surface area contributed by atoms with E-state index in [1.165, 1.54) is 0 Å². The van der Waals surface area contributed by atoms with Crippen LogP contribution in [-0.2, 0) is 23.1 Å². The molecule has 10 heteroatoms. The standard InChI is InChI=1S/C18H36N3O6P/c1-4-7-14-25-18(23)21-12-10-20(11-13-21)17(22)16(19)9-8-15-28(24,26-5-2)27-6-3/h16H,4-15,19H2,1-3H3. The van der Waals surface area contributed by atoms with E-state index in [4.69, 9.17) is 19.5 Å². The first-order valence-corrected chi connectivity index (χ1v) is 11.9. The highest BCUT2D eigenvalue weighted by molar-refractivity contribution is 7.53. The maximum Gasteiger partial charge on any atom is 0.409 e. The molecule has 0 aromatic rings. The van der Waals surface area contributed by atoms with Crippen LogP contribution >= 0.6 is 7.60 Å². The van der Waals surface area contributed by atoms with Crippen LogP contribution < -0.4 is 5.73 Å². The second-order valence-electron chi connectivity index (χ2n) is 6.70. The van der Waals surface area contributed by atoms with Gasteiger partial charge in [0, 0.05) is 26.2 Å². The molecule has 1 heterocycles. The van der Waals surface area contributed by atoms with E-state index >= 15 is 0 Å². The summed E-state index contributed by atoms with van der Waals surface area (Å²) in [5.41, 5.74) is 6.03. The number of carbonyl (C=O) groups excluding carboxylic acids is 2. The van der Waals surface area contributed by atoms with Crippen LogP contribution in [0.15, 0.2) is 0 Å². The molecule has 0 bridgehead atoms. The highest BCUT2D eigenvalue weighted by atomic mass is 31.2. The van der Waals surface area contributed by atoms with Gasteiger partial charge in [-0.2, -0.15) is 0 Å². The second-order valence-corrected chi connectivity index (χ2v) is 8.88. The molecule has 0 aromatic heterocycles. The van der Waals surface area contributed by atoms with E-state index in [0.717, 1.165) is 12.8 Å². The Labute approximate surface area is 168 Å². The zero-order valence-corrected chi connectivity index (χ0v) is 18.3. The van der Waals surface area contributed by atoms with Crippen molar-refractivity contribution in [2.45, 2.75) is 52.5 Å². The van der Waals surface area contributed by atoms with Gasteiger partial charge in [-0.15, -0.1) is 0 Å². The lowest BCUT2D eigenvalue weighted by molar-refractivity contribution is -0.134. The van der Waals surface area contributed by atoms with Gasteiger partial charge in [0.05, 0.1) is 32.0 Å². The largest absolute Gasteiger partial charge is 0.449 e. The molecule has 0 aliphatic carbocycles. The van der Waals surface area contributed by atoms with E-state index < -0.39 is 13.6 Å². The average Bonchev–Trinajstić information content (AvgIpc) is 2.68. The fourth-order valence-electron chi connectivity index (χ4n) is 2.93. The van der Waals surface area contributed by atoms with Gasteiger partial charge in [0.2, 0.25) is 5.91 Å². The first-order valence-electron chi connectivity index (χ1n) is 10.2. The van der Waals surface area contributed by atoms with E-state index in [-0.39, 0.29) is 18.2 Å². The van der Waals surface area contributed by atoms with Crippen molar-refractivity contribution in [3.63, 3.8) is 0 Å². The summed E-state index contributed by atoms with van der Waals surface area (Å²) in [5.74, 6) is -0.151. The molecule has 164 valence electrons. The van der Waals surface area contributed by atoms with Crippen LogP contribution in [0.4, 0.5) is 4.79 Å². The van der Waals surface area contributed by atoms with E-state index in [1.807, 2.05) is 6.92 Å². The number of piperazine rings is 1. The van der Waals surface area contributed by atoms with Crippen LogP contribution in [0.2, 0.25) is 0 Å². The molecular formula is C18H36N3O6P. The number of hydrogen-bond donors (Lipinski definition) is 1. The van der Waals surface area contributed by atoms with Gasteiger partial charge in [-0.1, -0.05) is 13.3 Å².